The Kier molecular flexibility index (Phi) is 7.87. The van der Waals surface area contributed by atoms with Gasteiger partial charge in [0.1, 0.15) is 5.75 Å². The minimum Gasteiger partial charge on any atom is -0.494 e. The Morgan fingerprint density at radius 3 is 2.67 bits per heavy atom. The van der Waals surface area contributed by atoms with Crippen molar-refractivity contribution in [3.8, 4) is 5.75 Å². The molecule has 1 saturated carbocycles. The molecule has 1 aromatic rings. The van der Waals surface area contributed by atoms with Gasteiger partial charge in [-0.15, -0.1) is 0 Å². The quantitative estimate of drug-likeness (QED) is 0.521. The van der Waals surface area contributed by atoms with Gasteiger partial charge in [0.05, 0.1) is 6.61 Å². The van der Waals surface area contributed by atoms with Crippen LogP contribution in [0.25, 0.3) is 6.08 Å². The van der Waals surface area contributed by atoms with Gasteiger partial charge in [0.2, 0.25) is 5.91 Å². The highest BCUT2D eigenvalue weighted by Crippen LogP contribution is 2.33. The number of hydrogen-bond acceptors (Lipinski definition) is 2. The zero-order chi connectivity index (χ0) is 17.2. The molecule has 24 heavy (non-hydrogen) atoms. The van der Waals surface area contributed by atoms with Crippen LogP contribution in [0, 0.1) is 11.8 Å². The molecule has 0 saturated heterocycles. The average Bonchev–Trinajstić information content (AvgIpc) is 3.07. The van der Waals surface area contributed by atoms with Gasteiger partial charge in [0.15, 0.2) is 0 Å². The summed E-state index contributed by atoms with van der Waals surface area (Å²) in [6.45, 7) is 5.97. The molecule has 0 aliphatic heterocycles. The summed E-state index contributed by atoms with van der Waals surface area (Å²) < 4.78 is 5.64. The first kappa shape index (κ1) is 18.6. The van der Waals surface area contributed by atoms with Crippen LogP contribution in [0.1, 0.15) is 57.9 Å². The molecule has 2 rings (SSSR count). The minimum absolute atomic E-state index is 0.0000235. The fraction of sp³-hybridized carbons (Fsp3) is 0.571. The maximum absolute atomic E-state index is 12.0. The van der Waals surface area contributed by atoms with Crippen molar-refractivity contribution < 1.29 is 9.53 Å². The third kappa shape index (κ3) is 6.03. The summed E-state index contributed by atoms with van der Waals surface area (Å²) in [6.07, 6.45) is 10.8. The Hall–Kier alpha value is -1.77. The van der Waals surface area contributed by atoms with E-state index in [1.54, 1.807) is 6.08 Å². The zero-order valence-electron chi connectivity index (χ0n) is 15.1. The third-order valence-electron chi connectivity index (χ3n) is 4.95. The molecular weight excluding hydrogens is 298 g/mol. The number of ether oxygens (including phenoxy) is 1. The van der Waals surface area contributed by atoms with E-state index in [1.165, 1.54) is 25.7 Å². The van der Waals surface area contributed by atoms with E-state index >= 15 is 0 Å². The van der Waals surface area contributed by atoms with Crippen LogP contribution >= 0.6 is 0 Å². The van der Waals surface area contributed by atoms with Gasteiger partial charge in [-0.3, -0.25) is 4.79 Å². The number of unbranched alkanes of at least 4 members (excludes halogenated alkanes) is 1. The van der Waals surface area contributed by atoms with Crippen molar-refractivity contribution >= 4 is 12.0 Å². The van der Waals surface area contributed by atoms with Gasteiger partial charge in [0, 0.05) is 12.6 Å². The highest BCUT2D eigenvalue weighted by molar-refractivity contribution is 5.91. The summed E-state index contributed by atoms with van der Waals surface area (Å²) in [7, 11) is 0. The average molecular weight is 329 g/mol. The Bertz CT molecular complexity index is 521. The summed E-state index contributed by atoms with van der Waals surface area (Å²) >= 11 is 0. The summed E-state index contributed by atoms with van der Waals surface area (Å²) in [5.41, 5.74) is 1.01. The first-order chi connectivity index (χ1) is 11.7. The second-order valence-electron chi connectivity index (χ2n) is 6.71. The lowest BCUT2D eigenvalue weighted by molar-refractivity contribution is -0.116. The highest BCUT2D eigenvalue weighted by atomic mass is 16.5. The second kappa shape index (κ2) is 10.2. The summed E-state index contributed by atoms with van der Waals surface area (Å²) in [4.78, 5) is 12.0. The fourth-order valence-electron chi connectivity index (χ4n) is 3.39. The largest absolute Gasteiger partial charge is 0.494 e. The maximum atomic E-state index is 12.0. The normalized spacial score (nSPS) is 20.4. The van der Waals surface area contributed by atoms with Crippen LogP contribution in [0.5, 0.6) is 5.75 Å². The van der Waals surface area contributed by atoms with E-state index in [9.17, 15) is 4.79 Å². The summed E-state index contributed by atoms with van der Waals surface area (Å²) in [5, 5.41) is 3.05. The topological polar surface area (TPSA) is 38.3 Å². The Balaban J connectivity index is 1.74. The lowest BCUT2D eigenvalue weighted by Gasteiger charge is -2.17. The van der Waals surface area contributed by atoms with Crippen LogP contribution in [0.4, 0.5) is 0 Å². The molecule has 1 aromatic carbocycles. The van der Waals surface area contributed by atoms with Gasteiger partial charge in [-0.25, -0.2) is 0 Å². The number of benzene rings is 1. The molecule has 1 N–H and O–H groups in total. The van der Waals surface area contributed by atoms with Crippen molar-refractivity contribution in [2.24, 2.45) is 11.8 Å². The van der Waals surface area contributed by atoms with Crippen molar-refractivity contribution in [3.05, 3.63) is 35.9 Å². The number of hydrogen-bond donors (Lipinski definition) is 1. The summed E-state index contributed by atoms with van der Waals surface area (Å²) in [6, 6.07) is 7.87. The molecule has 0 bridgehead atoms. The molecule has 0 spiro atoms. The SMILES string of the molecule is CCCCOc1ccc(C=CC(=O)NCC2CCCC2CC)cc1. The Morgan fingerprint density at radius 2 is 1.96 bits per heavy atom. The second-order valence-corrected chi connectivity index (χ2v) is 6.71. The zero-order valence-corrected chi connectivity index (χ0v) is 15.1. The molecule has 3 nitrogen and oxygen atoms in total. The first-order valence-corrected chi connectivity index (χ1v) is 9.41. The molecule has 2 unspecified atom stereocenters. The van der Waals surface area contributed by atoms with Gasteiger partial charge < -0.3 is 10.1 Å². The predicted octanol–water partition coefficient (Wildman–Crippen LogP) is 4.82. The third-order valence-corrected chi connectivity index (χ3v) is 4.95. The molecule has 1 aliphatic rings. The lowest BCUT2D eigenvalue weighted by Crippen LogP contribution is -2.29. The molecule has 1 aliphatic carbocycles. The number of nitrogens with one attached hydrogen (secondary N) is 1. The van der Waals surface area contributed by atoms with Crippen LogP contribution in [-0.2, 0) is 4.79 Å². The fourth-order valence-corrected chi connectivity index (χ4v) is 3.39. The van der Waals surface area contributed by atoms with Crippen molar-refractivity contribution in [2.75, 3.05) is 13.2 Å². The van der Waals surface area contributed by atoms with E-state index in [0.717, 1.165) is 43.2 Å². The van der Waals surface area contributed by atoms with Gasteiger partial charge in [-0.2, -0.15) is 0 Å². The van der Waals surface area contributed by atoms with Crippen molar-refractivity contribution in [3.63, 3.8) is 0 Å². The van der Waals surface area contributed by atoms with E-state index in [-0.39, 0.29) is 5.91 Å². The Labute approximate surface area is 146 Å². The van der Waals surface area contributed by atoms with Gasteiger partial charge in [0.25, 0.3) is 0 Å². The smallest absolute Gasteiger partial charge is 0.244 e. The van der Waals surface area contributed by atoms with Crippen LogP contribution in [0.2, 0.25) is 0 Å². The van der Waals surface area contributed by atoms with Crippen LogP contribution in [-0.4, -0.2) is 19.1 Å². The Morgan fingerprint density at radius 1 is 1.21 bits per heavy atom. The molecule has 0 aromatic heterocycles. The lowest BCUT2D eigenvalue weighted by atomic mass is 9.94. The number of carbonyl (C=O) groups is 1. The predicted molar refractivity (Wildman–Crippen MR) is 100 cm³/mol. The maximum Gasteiger partial charge on any atom is 0.244 e. The summed E-state index contributed by atoms with van der Waals surface area (Å²) in [5.74, 6) is 2.33. The first-order valence-electron chi connectivity index (χ1n) is 9.41. The van der Waals surface area contributed by atoms with E-state index < -0.39 is 0 Å². The van der Waals surface area contributed by atoms with E-state index in [0.29, 0.717) is 5.92 Å². The number of carbonyl (C=O) groups excluding carboxylic acids is 1. The van der Waals surface area contributed by atoms with Gasteiger partial charge in [-0.1, -0.05) is 51.7 Å². The standard InChI is InChI=1S/C21H31NO2/c1-3-5-15-24-20-12-9-17(10-13-20)11-14-21(23)22-16-19-8-6-7-18(19)4-2/h9-14,18-19H,3-8,15-16H2,1-2H3,(H,22,23). The molecule has 132 valence electrons. The molecule has 2 atom stereocenters. The van der Waals surface area contributed by atoms with Crippen LogP contribution in [0.3, 0.4) is 0 Å². The van der Waals surface area contributed by atoms with E-state index in [1.807, 2.05) is 30.3 Å². The van der Waals surface area contributed by atoms with E-state index in [4.69, 9.17) is 4.74 Å². The van der Waals surface area contributed by atoms with Crippen molar-refractivity contribution in [2.45, 2.75) is 52.4 Å². The molecule has 1 amide bonds. The van der Waals surface area contributed by atoms with Crippen LogP contribution < -0.4 is 10.1 Å². The van der Waals surface area contributed by atoms with Crippen molar-refractivity contribution in [1.29, 1.82) is 0 Å². The molecule has 1 fully saturated rings. The van der Waals surface area contributed by atoms with Gasteiger partial charge >= 0.3 is 0 Å². The number of amides is 1. The highest BCUT2D eigenvalue weighted by Gasteiger charge is 2.25. The number of rotatable bonds is 9. The van der Waals surface area contributed by atoms with Gasteiger partial charge in [-0.05, 0) is 48.4 Å². The molecular formula is C21H31NO2. The molecule has 0 radical (unpaired) electrons. The molecule has 3 heteroatoms. The van der Waals surface area contributed by atoms with Crippen molar-refractivity contribution in [1.82, 2.24) is 5.32 Å². The minimum atomic E-state index is 0.0000235. The molecule has 0 heterocycles. The monoisotopic (exact) mass is 329 g/mol. The van der Waals surface area contributed by atoms with E-state index in [2.05, 4.69) is 19.2 Å². The van der Waals surface area contributed by atoms with Crippen LogP contribution in [0.15, 0.2) is 30.3 Å².